The Bertz CT molecular complexity index is 465. The number of nitro groups is 1. The monoisotopic (exact) mass is 283 g/mol. The van der Waals surface area contributed by atoms with Gasteiger partial charge < -0.3 is 15.4 Å². The standard InChI is InChI=1S/C12H21N5O3/c1-8(2)7-20-6-5-14-11-10(17(18)19)9(3)15-12(13-4)16-11/h8H,5-7H2,1-4H3,(H2,13,14,15,16). The average Bonchev–Trinajstić information content (AvgIpc) is 2.36. The van der Waals surface area contributed by atoms with Crippen LogP contribution in [0.25, 0.3) is 0 Å². The van der Waals surface area contributed by atoms with Crippen molar-refractivity contribution in [1.82, 2.24) is 9.97 Å². The van der Waals surface area contributed by atoms with Crippen molar-refractivity contribution in [2.45, 2.75) is 20.8 Å². The summed E-state index contributed by atoms with van der Waals surface area (Å²) in [6.07, 6.45) is 0. The molecule has 1 heterocycles. The Morgan fingerprint density at radius 3 is 2.65 bits per heavy atom. The number of rotatable bonds is 8. The van der Waals surface area contributed by atoms with Gasteiger partial charge in [-0.2, -0.15) is 4.98 Å². The van der Waals surface area contributed by atoms with Crippen LogP contribution in [0.5, 0.6) is 0 Å². The van der Waals surface area contributed by atoms with Crippen molar-refractivity contribution in [2.75, 3.05) is 37.4 Å². The van der Waals surface area contributed by atoms with E-state index in [4.69, 9.17) is 4.74 Å². The summed E-state index contributed by atoms with van der Waals surface area (Å²) in [6, 6.07) is 0. The maximum atomic E-state index is 11.1. The minimum absolute atomic E-state index is 0.104. The molecule has 20 heavy (non-hydrogen) atoms. The van der Waals surface area contributed by atoms with E-state index in [1.165, 1.54) is 0 Å². The smallest absolute Gasteiger partial charge is 0.332 e. The third kappa shape index (κ3) is 4.61. The maximum absolute atomic E-state index is 11.1. The van der Waals surface area contributed by atoms with Gasteiger partial charge in [-0.15, -0.1) is 0 Å². The fourth-order valence-corrected chi connectivity index (χ4v) is 1.58. The van der Waals surface area contributed by atoms with Gasteiger partial charge in [-0.05, 0) is 12.8 Å². The molecule has 0 aliphatic heterocycles. The van der Waals surface area contributed by atoms with Gasteiger partial charge >= 0.3 is 5.69 Å². The molecule has 0 atom stereocenters. The Morgan fingerprint density at radius 1 is 1.40 bits per heavy atom. The van der Waals surface area contributed by atoms with Crippen molar-refractivity contribution in [2.24, 2.45) is 5.92 Å². The third-order valence-electron chi connectivity index (χ3n) is 2.45. The van der Waals surface area contributed by atoms with Gasteiger partial charge in [-0.1, -0.05) is 13.8 Å². The highest BCUT2D eigenvalue weighted by Gasteiger charge is 2.21. The number of nitrogens with one attached hydrogen (secondary N) is 2. The van der Waals surface area contributed by atoms with Crippen molar-refractivity contribution in [3.05, 3.63) is 15.8 Å². The Morgan fingerprint density at radius 2 is 2.10 bits per heavy atom. The summed E-state index contributed by atoms with van der Waals surface area (Å²) < 4.78 is 5.41. The zero-order valence-electron chi connectivity index (χ0n) is 12.3. The van der Waals surface area contributed by atoms with Crippen LogP contribution in [-0.2, 0) is 4.74 Å². The molecule has 0 radical (unpaired) electrons. The van der Waals surface area contributed by atoms with Crippen LogP contribution in [0.4, 0.5) is 17.5 Å². The largest absolute Gasteiger partial charge is 0.379 e. The van der Waals surface area contributed by atoms with Crippen LogP contribution in [-0.4, -0.2) is 41.7 Å². The summed E-state index contributed by atoms with van der Waals surface area (Å²) in [7, 11) is 1.66. The zero-order valence-corrected chi connectivity index (χ0v) is 12.3. The Balaban J connectivity index is 2.72. The van der Waals surface area contributed by atoms with E-state index in [9.17, 15) is 10.1 Å². The number of anilines is 2. The first kappa shape index (κ1) is 16.1. The zero-order chi connectivity index (χ0) is 15.1. The van der Waals surface area contributed by atoms with Crippen molar-refractivity contribution in [3.8, 4) is 0 Å². The molecule has 1 aromatic heterocycles. The molecule has 0 saturated heterocycles. The van der Waals surface area contributed by atoms with E-state index in [0.717, 1.165) is 0 Å². The second-order valence-corrected chi connectivity index (χ2v) is 4.73. The van der Waals surface area contributed by atoms with E-state index in [2.05, 4.69) is 34.4 Å². The number of hydrogen-bond acceptors (Lipinski definition) is 7. The quantitative estimate of drug-likeness (QED) is 0.426. The molecular weight excluding hydrogens is 262 g/mol. The average molecular weight is 283 g/mol. The van der Waals surface area contributed by atoms with Crippen LogP contribution < -0.4 is 10.6 Å². The molecular formula is C12H21N5O3. The molecule has 1 rings (SSSR count). The fourth-order valence-electron chi connectivity index (χ4n) is 1.58. The molecule has 8 nitrogen and oxygen atoms in total. The molecule has 0 aromatic carbocycles. The van der Waals surface area contributed by atoms with Crippen LogP contribution in [0.3, 0.4) is 0 Å². The van der Waals surface area contributed by atoms with E-state index in [-0.39, 0.29) is 11.5 Å². The lowest BCUT2D eigenvalue weighted by Crippen LogP contribution is -2.15. The minimum atomic E-state index is -0.480. The second kappa shape index (κ2) is 7.59. The van der Waals surface area contributed by atoms with E-state index in [1.807, 2.05) is 0 Å². The van der Waals surface area contributed by atoms with Gasteiger partial charge in [-0.3, -0.25) is 10.1 Å². The van der Waals surface area contributed by atoms with Crippen molar-refractivity contribution in [3.63, 3.8) is 0 Å². The van der Waals surface area contributed by atoms with Gasteiger partial charge in [-0.25, -0.2) is 4.98 Å². The predicted molar refractivity (Wildman–Crippen MR) is 77.1 cm³/mol. The van der Waals surface area contributed by atoms with Gasteiger partial charge in [0.05, 0.1) is 11.5 Å². The SMILES string of the molecule is CNc1nc(C)c([N+](=O)[O-])c(NCCOCC(C)C)n1. The Labute approximate surface area is 118 Å². The Kier molecular flexibility index (Phi) is 6.10. The lowest BCUT2D eigenvalue weighted by molar-refractivity contribution is -0.385. The predicted octanol–water partition coefficient (Wildman–Crippen LogP) is 1.82. The highest BCUT2D eigenvalue weighted by Crippen LogP contribution is 2.26. The molecule has 0 amide bonds. The highest BCUT2D eigenvalue weighted by molar-refractivity contribution is 5.60. The molecule has 0 aliphatic carbocycles. The molecule has 0 fully saturated rings. The molecule has 0 aliphatic rings. The van der Waals surface area contributed by atoms with E-state index in [0.29, 0.717) is 37.3 Å². The number of aromatic nitrogens is 2. The number of hydrogen-bond donors (Lipinski definition) is 2. The summed E-state index contributed by atoms with van der Waals surface area (Å²) >= 11 is 0. The molecule has 112 valence electrons. The van der Waals surface area contributed by atoms with E-state index in [1.54, 1.807) is 14.0 Å². The van der Waals surface area contributed by atoms with Crippen molar-refractivity contribution < 1.29 is 9.66 Å². The summed E-state index contributed by atoms with van der Waals surface area (Å²) in [5.41, 5.74) is 0.216. The molecule has 0 spiro atoms. The van der Waals surface area contributed by atoms with E-state index < -0.39 is 4.92 Å². The minimum Gasteiger partial charge on any atom is -0.379 e. The second-order valence-electron chi connectivity index (χ2n) is 4.73. The molecule has 2 N–H and O–H groups in total. The van der Waals surface area contributed by atoms with Crippen LogP contribution in [0, 0.1) is 23.0 Å². The fraction of sp³-hybridized carbons (Fsp3) is 0.667. The van der Waals surface area contributed by atoms with Gasteiger partial charge in [0.25, 0.3) is 0 Å². The topological polar surface area (TPSA) is 102 Å². The molecule has 8 heteroatoms. The first-order chi connectivity index (χ1) is 9.45. The normalized spacial score (nSPS) is 10.7. The molecule has 0 bridgehead atoms. The van der Waals surface area contributed by atoms with Crippen LogP contribution in [0.15, 0.2) is 0 Å². The number of nitrogens with zero attached hydrogens (tertiary/aromatic N) is 3. The van der Waals surface area contributed by atoms with Crippen molar-refractivity contribution in [1.29, 1.82) is 0 Å². The summed E-state index contributed by atoms with van der Waals surface area (Å²) in [6.45, 7) is 7.28. The van der Waals surface area contributed by atoms with Crippen molar-refractivity contribution >= 4 is 17.5 Å². The lowest BCUT2D eigenvalue weighted by Gasteiger charge is -2.10. The van der Waals surface area contributed by atoms with Crippen LogP contribution in [0.2, 0.25) is 0 Å². The summed E-state index contributed by atoms with van der Waals surface area (Å²) in [4.78, 5) is 18.7. The first-order valence-corrected chi connectivity index (χ1v) is 6.48. The van der Waals surface area contributed by atoms with Crippen LogP contribution in [0.1, 0.15) is 19.5 Å². The highest BCUT2D eigenvalue weighted by atomic mass is 16.6. The van der Waals surface area contributed by atoms with E-state index >= 15 is 0 Å². The number of ether oxygens (including phenoxy) is 1. The van der Waals surface area contributed by atoms with Gasteiger partial charge in [0.15, 0.2) is 0 Å². The first-order valence-electron chi connectivity index (χ1n) is 6.48. The van der Waals surface area contributed by atoms with Crippen LogP contribution >= 0.6 is 0 Å². The van der Waals surface area contributed by atoms with Gasteiger partial charge in [0, 0.05) is 20.2 Å². The summed E-state index contributed by atoms with van der Waals surface area (Å²) in [5, 5.41) is 16.8. The molecule has 1 aromatic rings. The third-order valence-corrected chi connectivity index (χ3v) is 2.45. The Hall–Kier alpha value is -1.96. The maximum Gasteiger partial charge on any atom is 0.332 e. The molecule has 0 saturated carbocycles. The molecule has 0 unspecified atom stereocenters. The lowest BCUT2D eigenvalue weighted by atomic mass is 10.2. The van der Waals surface area contributed by atoms with Gasteiger partial charge in [0.2, 0.25) is 11.8 Å². The summed E-state index contributed by atoms with van der Waals surface area (Å²) in [5.74, 6) is 1.01. The van der Waals surface area contributed by atoms with Gasteiger partial charge in [0.1, 0.15) is 5.69 Å². The number of aryl methyl sites for hydroxylation is 1.